The average Bonchev–Trinajstić information content (AvgIpc) is 3.01. The van der Waals surface area contributed by atoms with Gasteiger partial charge in [-0.05, 0) is 23.5 Å². The lowest BCUT2D eigenvalue weighted by atomic mass is 10.0. The third-order valence-corrected chi connectivity index (χ3v) is 5.40. The molecule has 7 heteroatoms. The van der Waals surface area contributed by atoms with Crippen LogP contribution < -0.4 is 10.6 Å². The molecule has 0 aliphatic heterocycles. The molecule has 1 aromatic heterocycles. The fourth-order valence-corrected chi connectivity index (χ4v) is 3.50. The summed E-state index contributed by atoms with van der Waals surface area (Å²) in [5.74, 6) is 0.935. The normalized spacial score (nSPS) is 10.8. The van der Waals surface area contributed by atoms with E-state index in [4.69, 9.17) is 0 Å². The number of amides is 1. The van der Waals surface area contributed by atoms with Gasteiger partial charge in [-0.3, -0.25) is 4.79 Å². The Labute approximate surface area is 145 Å². The quantitative estimate of drug-likeness (QED) is 0.716. The zero-order chi connectivity index (χ0) is 16.7. The molecular weight excluding hydrogens is 328 g/mol. The summed E-state index contributed by atoms with van der Waals surface area (Å²) in [6, 6.07) is 8.59. The molecule has 0 radical (unpaired) electrons. The molecule has 0 bridgehead atoms. The number of benzene rings is 1. The second kappa shape index (κ2) is 8.88. The topological polar surface area (TPSA) is 66.9 Å². The molecule has 2 N–H and O–H groups in total. The Hall–Kier alpha value is -1.60. The summed E-state index contributed by atoms with van der Waals surface area (Å²) in [7, 11) is 1.80. The maximum atomic E-state index is 11.8. The summed E-state index contributed by atoms with van der Waals surface area (Å²) >= 11 is 2.86. The van der Waals surface area contributed by atoms with E-state index in [1.165, 1.54) is 34.2 Å². The van der Waals surface area contributed by atoms with Crippen LogP contribution in [0.2, 0.25) is 0 Å². The smallest absolute Gasteiger partial charge is 0.230 e. The number of carbonyl (C=O) groups is 1. The standard InChI is InChI=1S/C16H22N4OS2/c1-11(2)13-6-4-12(5-7-13)8-9-18-14(21)10-22-16-20-19-15(17-3)23-16/h4-7,11H,8-10H2,1-3H3,(H,17,19)(H,18,21). The second-order valence-corrected chi connectivity index (χ2v) is 7.61. The molecule has 0 aliphatic carbocycles. The van der Waals surface area contributed by atoms with E-state index in [2.05, 4.69) is 58.9 Å². The Morgan fingerprint density at radius 2 is 2.00 bits per heavy atom. The highest BCUT2D eigenvalue weighted by atomic mass is 32.2. The SMILES string of the molecule is CNc1nnc(SCC(=O)NCCc2ccc(C(C)C)cc2)s1. The third-order valence-electron chi connectivity index (χ3n) is 3.33. The molecule has 0 saturated heterocycles. The van der Waals surface area contributed by atoms with Crippen molar-refractivity contribution in [3.05, 3.63) is 35.4 Å². The molecule has 1 heterocycles. The molecule has 23 heavy (non-hydrogen) atoms. The Kier molecular flexibility index (Phi) is 6.85. The summed E-state index contributed by atoms with van der Waals surface area (Å²) in [4.78, 5) is 11.8. The molecular formula is C16H22N4OS2. The van der Waals surface area contributed by atoms with E-state index in [1.807, 2.05) is 0 Å². The molecule has 0 spiro atoms. The first kappa shape index (κ1) is 17.7. The van der Waals surface area contributed by atoms with E-state index in [0.29, 0.717) is 18.2 Å². The number of nitrogens with zero attached hydrogens (tertiary/aromatic N) is 2. The van der Waals surface area contributed by atoms with Gasteiger partial charge in [-0.25, -0.2) is 0 Å². The maximum absolute atomic E-state index is 11.8. The van der Waals surface area contributed by atoms with Gasteiger partial charge in [0, 0.05) is 13.6 Å². The minimum Gasteiger partial charge on any atom is -0.363 e. The first-order valence-electron chi connectivity index (χ1n) is 7.58. The van der Waals surface area contributed by atoms with Crippen LogP contribution in [0, 0.1) is 0 Å². The van der Waals surface area contributed by atoms with Gasteiger partial charge in [0.1, 0.15) is 0 Å². The summed E-state index contributed by atoms with van der Waals surface area (Å²) in [6.45, 7) is 5.02. The molecule has 5 nitrogen and oxygen atoms in total. The minimum absolute atomic E-state index is 0.0232. The van der Waals surface area contributed by atoms with Crippen LogP contribution in [0.3, 0.4) is 0 Å². The van der Waals surface area contributed by atoms with Gasteiger partial charge in [0.2, 0.25) is 11.0 Å². The average molecular weight is 351 g/mol. The van der Waals surface area contributed by atoms with E-state index in [9.17, 15) is 4.79 Å². The molecule has 0 atom stereocenters. The van der Waals surface area contributed by atoms with Crippen LogP contribution in [0.4, 0.5) is 5.13 Å². The van der Waals surface area contributed by atoms with E-state index in [-0.39, 0.29) is 5.91 Å². The van der Waals surface area contributed by atoms with Gasteiger partial charge in [0.25, 0.3) is 0 Å². The van der Waals surface area contributed by atoms with Gasteiger partial charge in [-0.1, -0.05) is 61.2 Å². The van der Waals surface area contributed by atoms with E-state index < -0.39 is 0 Å². The van der Waals surface area contributed by atoms with Crippen molar-refractivity contribution in [1.82, 2.24) is 15.5 Å². The Morgan fingerprint density at radius 3 is 2.61 bits per heavy atom. The first-order valence-corrected chi connectivity index (χ1v) is 9.38. The van der Waals surface area contributed by atoms with Crippen LogP contribution in [0.25, 0.3) is 0 Å². The van der Waals surface area contributed by atoms with Gasteiger partial charge in [0.15, 0.2) is 4.34 Å². The van der Waals surface area contributed by atoms with Crippen molar-refractivity contribution >= 4 is 34.1 Å². The number of hydrogen-bond donors (Lipinski definition) is 2. The largest absolute Gasteiger partial charge is 0.363 e. The molecule has 0 unspecified atom stereocenters. The number of anilines is 1. The number of rotatable bonds is 8. The highest BCUT2D eigenvalue weighted by molar-refractivity contribution is 8.01. The van der Waals surface area contributed by atoms with Gasteiger partial charge >= 0.3 is 0 Å². The van der Waals surface area contributed by atoms with E-state index >= 15 is 0 Å². The highest BCUT2D eigenvalue weighted by Crippen LogP contribution is 2.24. The lowest BCUT2D eigenvalue weighted by Crippen LogP contribution is -2.27. The van der Waals surface area contributed by atoms with Gasteiger partial charge < -0.3 is 10.6 Å². The Morgan fingerprint density at radius 1 is 1.26 bits per heavy atom. The van der Waals surface area contributed by atoms with Gasteiger partial charge in [-0.15, -0.1) is 10.2 Å². The van der Waals surface area contributed by atoms with Gasteiger partial charge in [-0.2, -0.15) is 0 Å². The van der Waals surface area contributed by atoms with E-state index in [0.717, 1.165) is 15.9 Å². The molecule has 124 valence electrons. The van der Waals surface area contributed by atoms with Crippen molar-refractivity contribution in [2.24, 2.45) is 0 Å². The van der Waals surface area contributed by atoms with Crippen LogP contribution in [0.5, 0.6) is 0 Å². The monoisotopic (exact) mass is 350 g/mol. The molecule has 0 saturated carbocycles. The molecule has 2 aromatic rings. The van der Waals surface area contributed by atoms with Crippen molar-refractivity contribution in [3.8, 4) is 0 Å². The molecule has 1 amide bonds. The fraction of sp³-hybridized carbons (Fsp3) is 0.438. The number of hydrogen-bond acceptors (Lipinski definition) is 6. The number of nitrogens with one attached hydrogen (secondary N) is 2. The van der Waals surface area contributed by atoms with Gasteiger partial charge in [0.05, 0.1) is 5.75 Å². The molecule has 1 aromatic carbocycles. The van der Waals surface area contributed by atoms with Crippen LogP contribution in [0.1, 0.15) is 30.9 Å². The van der Waals surface area contributed by atoms with Crippen LogP contribution in [-0.4, -0.2) is 35.4 Å². The molecule has 2 rings (SSSR count). The summed E-state index contributed by atoms with van der Waals surface area (Å²) in [6.07, 6.45) is 0.845. The zero-order valence-electron chi connectivity index (χ0n) is 13.6. The van der Waals surface area contributed by atoms with E-state index in [1.54, 1.807) is 7.05 Å². The summed E-state index contributed by atoms with van der Waals surface area (Å²) < 4.78 is 0.800. The Balaban J connectivity index is 1.68. The van der Waals surface area contributed by atoms with Crippen molar-refractivity contribution in [2.45, 2.75) is 30.5 Å². The Bertz CT molecular complexity index is 625. The van der Waals surface area contributed by atoms with Crippen LogP contribution >= 0.6 is 23.1 Å². The maximum Gasteiger partial charge on any atom is 0.230 e. The van der Waals surface area contributed by atoms with Crippen molar-refractivity contribution in [1.29, 1.82) is 0 Å². The highest BCUT2D eigenvalue weighted by Gasteiger charge is 2.07. The predicted octanol–water partition coefficient (Wildman–Crippen LogP) is 3.15. The molecule has 0 fully saturated rings. The summed E-state index contributed by atoms with van der Waals surface area (Å²) in [5.41, 5.74) is 2.58. The van der Waals surface area contributed by atoms with Crippen molar-refractivity contribution in [3.63, 3.8) is 0 Å². The van der Waals surface area contributed by atoms with Crippen molar-refractivity contribution in [2.75, 3.05) is 24.7 Å². The number of thioether (sulfide) groups is 1. The minimum atomic E-state index is 0.0232. The van der Waals surface area contributed by atoms with Crippen LogP contribution in [-0.2, 0) is 11.2 Å². The van der Waals surface area contributed by atoms with Crippen molar-refractivity contribution < 1.29 is 4.79 Å². The molecule has 0 aliphatic rings. The lowest BCUT2D eigenvalue weighted by molar-refractivity contribution is -0.118. The third kappa shape index (κ3) is 5.84. The second-order valence-electron chi connectivity index (χ2n) is 5.41. The predicted molar refractivity (Wildman–Crippen MR) is 97.4 cm³/mol. The van der Waals surface area contributed by atoms with Crippen LogP contribution in [0.15, 0.2) is 28.6 Å². The number of aromatic nitrogens is 2. The zero-order valence-corrected chi connectivity index (χ0v) is 15.3. The number of carbonyl (C=O) groups excluding carboxylic acids is 1. The lowest BCUT2D eigenvalue weighted by Gasteiger charge is -2.07. The summed E-state index contributed by atoms with van der Waals surface area (Å²) in [5, 5.41) is 14.6. The fourth-order valence-electron chi connectivity index (χ4n) is 1.96. The first-order chi connectivity index (χ1) is 11.1.